The molecule has 0 fully saturated rings. The largest absolute Gasteiger partial charge is 0.388 e. The van der Waals surface area contributed by atoms with Crippen molar-refractivity contribution >= 4 is 29.0 Å². The van der Waals surface area contributed by atoms with Gasteiger partial charge in [-0.15, -0.1) is 0 Å². The highest BCUT2D eigenvalue weighted by atomic mass is 32.1. The molecule has 9 nitrogen and oxygen atoms in total. The highest BCUT2D eigenvalue weighted by Gasteiger charge is 2.13. The molecule has 0 heterocycles. The predicted octanol–water partition coefficient (Wildman–Crippen LogP) is 3.74. The second-order valence-corrected chi connectivity index (χ2v) is 10.0. The van der Waals surface area contributed by atoms with E-state index in [4.69, 9.17) is 21.7 Å². The Morgan fingerprint density at radius 1 is 0.810 bits per heavy atom. The van der Waals surface area contributed by atoms with Gasteiger partial charge in [-0.05, 0) is 44.1 Å². The zero-order chi connectivity index (χ0) is 30.7. The number of allylic oxidation sites excluding steroid dienone is 1. The number of rotatable bonds is 19. The molecule has 0 spiro atoms. The molecule has 1 amide bonds. The van der Waals surface area contributed by atoms with Gasteiger partial charge in [0, 0.05) is 74.4 Å². The molecule has 1 unspecified atom stereocenters. The average molecular weight is 596 g/mol. The van der Waals surface area contributed by atoms with Crippen molar-refractivity contribution in [3.8, 4) is 0 Å². The Morgan fingerprint density at radius 3 is 1.98 bits per heavy atom. The Hall–Kier alpha value is -3.73. The highest BCUT2D eigenvalue weighted by molar-refractivity contribution is 7.80. The van der Waals surface area contributed by atoms with Crippen LogP contribution in [0.3, 0.4) is 0 Å². The topological polar surface area (TPSA) is 113 Å². The minimum absolute atomic E-state index is 0.0644. The standard InChI is InChI=1S/C32H45N5O4S/c1-6-28(23(2)24(3)33-18-10-21-36-32(42)37-22-29(40-4)41-5)34-19-11-20-35-31(39)27-16-14-26(15-17-27)30(38)25-12-8-7-9-13-25/h6-9,12-17,23,29,33-34H,3,10-11,18-22H2,1-2,4-5H3,(H,35,39)(H2,36,37,42)/b28-6-. The van der Waals surface area contributed by atoms with Crippen LogP contribution in [0.5, 0.6) is 0 Å². The Labute approximate surface area is 255 Å². The van der Waals surface area contributed by atoms with Gasteiger partial charge in [0.25, 0.3) is 5.91 Å². The molecule has 0 aromatic heterocycles. The second-order valence-electron chi connectivity index (χ2n) is 9.62. The van der Waals surface area contributed by atoms with Crippen LogP contribution < -0.4 is 26.6 Å². The van der Waals surface area contributed by atoms with Crippen LogP contribution in [-0.2, 0) is 9.47 Å². The summed E-state index contributed by atoms with van der Waals surface area (Å²) in [4.78, 5) is 25.1. The summed E-state index contributed by atoms with van der Waals surface area (Å²) in [6.45, 7) is 11.5. The van der Waals surface area contributed by atoms with E-state index in [1.807, 2.05) is 31.2 Å². The molecule has 0 radical (unpaired) electrons. The smallest absolute Gasteiger partial charge is 0.251 e. The van der Waals surface area contributed by atoms with Gasteiger partial charge in [0.15, 0.2) is 17.2 Å². The minimum Gasteiger partial charge on any atom is -0.388 e. The molecule has 0 saturated carbocycles. The number of amides is 1. The van der Waals surface area contributed by atoms with E-state index in [9.17, 15) is 9.59 Å². The third-order valence-corrected chi connectivity index (χ3v) is 6.95. The maximum Gasteiger partial charge on any atom is 0.251 e. The molecule has 0 aliphatic heterocycles. The van der Waals surface area contributed by atoms with E-state index in [1.165, 1.54) is 0 Å². The molecule has 2 aromatic carbocycles. The van der Waals surface area contributed by atoms with Gasteiger partial charge in [0.05, 0.1) is 6.54 Å². The second kappa shape index (κ2) is 19.4. The van der Waals surface area contributed by atoms with E-state index in [1.54, 1.807) is 50.6 Å². The van der Waals surface area contributed by atoms with Crippen LogP contribution in [0, 0.1) is 5.92 Å². The van der Waals surface area contributed by atoms with Crippen molar-refractivity contribution in [1.29, 1.82) is 0 Å². The molecule has 42 heavy (non-hydrogen) atoms. The lowest BCUT2D eigenvalue weighted by Gasteiger charge is -2.22. The lowest BCUT2D eigenvalue weighted by molar-refractivity contribution is -0.0965. The van der Waals surface area contributed by atoms with Crippen molar-refractivity contribution in [2.24, 2.45) is 5.92 Å². The first-order valence-corrected chi connectivity index (χ1v) is 14.6. The lowest BCUT2D eigenvalue weighted by atomic mass is 10.0. The monoisotopic (exact) mass is 595 g/mol. The third-order valence-electron chi connectivity index (χ3n) is 6.66. The first-order chi connectivity index (χ1) is 20.3. The number of benzene rings is 2. The summed E-state index contributed by atoms with van der Waals surface area (Å²) in [5, 5.41) is 16.6. The fraction of sp³-hybridized carbons (Fsp3) is 0.406. The molecule has 0 saturated heterocycles. The van der Waals surface area contributed by atoms with Crippen molar-refractivity contribution in [3.05, 3.63) is 95.3 Å². The van der Waals surface area contributed by atoms with Crippen molar-refractivity contribution in [2.45, 2.75) is 33.0 Å². The molecular formula is C32H45N5O4S. The van der Waals surface area contributed by atoms with E-state index in [2.05, 4.69) is 40.1 Å². The van der Waals surface area contributed by atoms with Crippen LogP contribution >= 0.6 is 12.2 Å². The van der Waals surface area contributed by atoms with Gasteiger partial charge in [-0.2, -0.15) is 0 Å². The third kappa shape index (κ3) is 12.0. The Bertz CT molecular complexity index is 1170. The lowest BCUT2D eigenvalue weighted by Crippen LogP contribution is -2.41. The molecule has 0 aliphatic carbocycles. The van der Waals surface area contributed by atoms with E-state index >= 15 is 0 Å². The number of hydrogen-bond acceptors (Lipinski definition) is 7. The molecule has 0 aliphatic rings. The Kier molecular flexibility index (Phi) is 15.9. The van der Waals surface area contributed by atoms with Crippen molar-refractivity contribution in [2.75, 3.05) is 46.9 Å². The van der Waals surface area contributed by atoms with E-state index in [-0.39, 0.29) is 23.9 Å². The van der Waals surface area contributed by atoms with Crippen LogP contribution in [0.4, 0.5) is 0 Å². The molecule has 2 aromatic rings. The summed E-state index contributed by atoms with van der Waals surface area (Å²) in [5.74, 6) is -0.117. The predicted molar refractivity (Wildman–Crippen MR) is 172 cm³/mol. The summed E-state index contributed by atoms with van der Waals surface area (Å²) < 4.78 is 10.3. The van der Waals surface area contributed by atoms with Crippen molar-refractivity contribution < 1.29 is 19.1 Å². The van der Waals surface area contributed by atoms with Crippen LogP contribution in [0.1, 0.15) is 53.0 Å². The van der Waals surface area contributed by atoms with Gasteiger partial charge in [-0.25, -0.2) is 0 Å². The summed E-state index contributed by atoms with van der Waals surface area (Å²) in [7, 11) is 3.17. The molecule has 0 bridgehead atoms. The van der Waals surface area contributed by atoms with Crippen molar-refractivity contribution in [1.82, 2.24) is 26.6 Å². The molecule has 1 atom stereocenters. The summed E-state index contributed by atoms with van der Waals surface area (Å²) in [6.07, 6.45) is 3.34. The maximum absolute atomic E-state index is 12.6. The van der Waals surface area contributed by atoms with E-state index < -0.39 is 0 Å². The quantitative estimate of drug-likeness (QED) is 0.0718. The Morgan fingerprint density at radius 2 is 1.36 bits per heavy atom. The number of ketones is 1. The molecule has 10 heteroatoms. The van der Waals surface area contributed by atoms with Gasteiger partial charge in [0.2, 0.25) is 0 Å². The highest BCUT2D eigenvalue weighted by Crippen LogP contribution is 2.14. The Balaban J connectivity index is 1.62. The van der Waals surface area contributed by atoms with Gasteiger partial charge < -0.3 is 36.1 Å². The molecular weight excluding hydrogens is 550 g/mol. The fourth-order valence-corrected chi connectivity index (χ4v) is 4.23. The van der Waals surface area contributed by atoms with Crippen LogP contribution in [0.15, 0.2) is 78.6 Å². The fourth-order valence-electron chi connectivity index (χ4n) is 4.04. The van der Waals surface area contributed by atoms with Gasteiger partial charge in [-0.1, -0.05) is 62.0 Å². The number of carbonyl (C=O) groups is 2. The average Bonchev–Trinajstić information content (AvgIpc) is 3.02. The number of carbonyl (C=O) groups excluding carboxylic acids is 2. The number of hydrogen-bond donors (Lipinski definition) is 5. The number of ether oxygens (including phenoxy) is 2. The zero-order valence-corrected chi connectivity index (χ0v) is 25.9. The summed E-state index contributed by atoms with van der Waals surface area (Å²) in [6, 6.07) is 15.8. The maximum atomic E-state index is 12.6. The van der Waals surface area contributed by atoms with Crippen molar-refractivity contribution in [3.63, 3.8) is 0 Å². The first kappa shape index (κ1) is 34.5. The minimum atomic E-state index is -0.341. The molecule has 5 N–H and O–H groups in total. The summed E-state index contributed by atoms with van der Waals surface area (Å²) in [5.41, 5.74) is 3.71. The number of thiocarbonyl (C=S) groups is 1. The number of nitrogens with one attached hydrogen (secondary N) is 5. The SMILES string of the molecule is C=C(NCCCNC(=S)NCC(OC)OC)C(C)/C(=C/C)NCCCNC(=O)c1ccc(C(=O)c2ccccc2)cc1. The van der Waals surface area contributed by atoms with Crippen LogP contribution in [0.2, 0.25) is 0 Å². The number of methoxy groups -OCH3 is 2. The van der Waals surface area contributed by atoms with Crippen LogP contribution in [0.25, 0.3) is 0 Å². The van der Waals surface area contributed by atoms with Crippen LogP contribution in [-0.4, -0.2) is 70.0 Å². The first-order valence-electron chi connectivity index (χ1n) is 14.2. The van der Waals surface area contributed by atoms with E-state index in [0.29, 0.717) is 41.4 Å². The van der Waals surface area contributed by atoms with Gasteiger partial charge >= 0.3 is 0 Å². The molecule has 2 rings (SSSR count). The van der Waals surface area contributed by atoms with Gasteiger partial charge in [0.1, 0.15) is 0 Å². The normalized spacial score (nSPS) is 11.9. The zero-order valence-electron chi connectivity index (χ0n) is 25.1. The molecule has 228 valence electrons. The summed E-state index contributed by atoms with van der Waals surface area (Å²) >= 11 is 5.27. The van der Waals surface area contributed by atoms with Gasteiger partial charge in [-0.3, -0.25) is 9.59 Å². The van der Waals surface area contributed by atoms with E-state index in [0.717, 1.165) is 37.3 Å².